The van der Waals surface area contributed by atoms with E-state index in [1.54, 1.807) is 6.33 Å². The first kappa shape index (κ1) is 14.3. The Kier molecular flexibility index (Phi) is 5.16. The molecule has 0 fully saturated rings. The highest BCUT2D eigenvalue weighted by atomic mass is 32.2. The van der Waals surface area contributed by atoms with E-state index < -0.39 is 0 Å². The van der Waals surface area contributed by atoms with Crippen molar-refractivity contribution in [2.24, 2.45) is 0 Å². The van der Waals surface area contributed by atoms with Crippen LogP contribution < -0.4 is 5.32 Å². The number of aromatic nitrogens is 2. The van der Waals surface area contributed by atoms with Crippen molar-refractivity contribution in [1.29, 1.82) is 0 Å². The minimum atomic E-state index is 0.489. The van der Waals surface area contributed by atoms with Crippen molar-refractivity contribution in [3.63, 3.8) is 0 Å². The van der Waals surface area contributed by atoms with Crippen molar-refractivity contribution in [1.82, 2.24) is 15.3 Å². The van der Waals surface area contributed by atoms with Gasteiger partial charge in [0.05, 0.1) is 5.52 Å². The molecule has 2 aromatic rings. The van der Waals surface area contributed by atoms with Gasteiger partial charge in [0.25, 0.3) is 0 Å². The molecule has 2 unspecified atom stereocenters. The molecule has 0 radical (unpaired) electrons. The average molecular weight is 275 g/mol. The van der Waals surface area contributed by atoms with Crippen molar-refractivity contribution >= 4 is 22.7 Å². The standard InChI is InChI=1S/C15H21N3S/c1-4-13(16-5-2)11(3)19-15-12-8-6-7-9-14(12)17-10-18-15/h6-11,13,16H,4-5H2,1-3H3. The van der Waals surface area contributed by atoms with Crippen molar-refractivity contribution in [3.8, 4) is 0 Å². The minimum absolute atomic E-state index is 0.489. The van der Waals surface area contributed by atoms with Crippen LogP contribution in [0.2, 0.25) is 0 Å². The Balaban J connectivity index is 2.21. The molecule has 1 aromatic carbocycles. The molecule has 2 rings (SSSR count). The summed E-state index contributed by atoms with van der Waals surface area (Å²) in [5, 5.41) is 6.25. The summed E-state index contributed by atoms with van der Waals surface area (Å²) in [6.45, 7) is 7.65. The molecule has 2 atom stereocenters. The van der Waals surface area contributed by atoms with Gasteiger partial charge in [-0.1, -0.05) is 39.0 Å². The van der Waals surface area contributed by atoms with E-state index in [4.69, 9.17) is 0 Å². The van der Waals surface area contributed by atoms with E-state index in [1.807, 2.05) is 30.0 Å². The first-order chi connectivity index (χ1) is 9.26. The summed E-state index contributed by atoms with van der Waals surface area (Å²) in [5.74, 6) is 0. The molecule has 0 amide bonds. The first-order valence-electron chi connectivity index (χ1n) is 6.86. The van der Waals surface area contributed by atoms with Crippen LogP contribution >= 0.6 is 11.8 Å². The van der Waals surface area contributed by atoms with E-state index in [-0.39, 0.29) is 0 Å². The number of nitrogens with zero attached hydrogens (tertiary/aromatic N) is 2. The molecular weight excluding hydrogens is 254 g/mol. The van der Waals surface area contributed by atoms with Crippen LogP contribution in [0.25, 0.3) is 10.9 Å². The third kappa shape index (κ3) is 3.45. The van der Waals surface area contributed by atoms with Gasteiger partial charge in [-0.25, -0.2) is 9.97 Å². The number of hydrogen-bond acceptors (Lipinski definition) is 4. The van der Waals surface area contributed by atoms with Gasteiger partial charge in [0, 0.05) is 16.7 Å². The molecule has 1 N–H and O–H groups in total. The zero-order valence-corrected chi connectivity index (χ0v) is 12.6. The maximum absolute atomic E-state index is 4.45. The Morgan fingerprint density at radius 3 is 2.74 bits per heavy atom. The van der Waals surface area contributed by atoms with Gasteiger partial charge in [-0.2, -0.15) is 0 Å². The summed E-state index contributed by atoms with van der Waals surface area (Å²) in [4.78, 5) is 8.76. The van der Waals surface area contributed by atoms with E-state index in [2.05, 4.69) is 42.1 Å². The second-order valence-corrected chi connectivity index (χ2v) is 5.96. The fourth-order valence-corrected chi connectivity index (χ4v) is 3.45. The highest BCUT2D eigenvalue weighted by Gasteiger charge is 2.17. The topological polar surface area (TPSA) is 37.8 Å². The van der Waals surface area contributed by atoms with E-state index in [0.717, 1.165) is 28.9 Å². The Bertz CT molecular complexity index is 524. The van der Waals surface area contributed by atoms with Gasteiger partial charge in [0.2, 0.25) is 0 Å². The second kappa shape index (κ2) is 6.87. The Labute approximate surface area is 119 Å². The van der Waals surface area contributed by atoms with Crippen LogP contribution in [0.15, 0.2) is 35.6 Å². The van der Waals surface area contributed by atoms with Gasteiger partial charge in [0.15, 0.2) is 0 Å². The molecule has 0 saturated heterocycles. The molecule has 3 nitrogen and oxygen atoms in total. The van der Waals surface area contributed by atoms with Crippen LogP contribution in [-0.2, 0) is 0 Å². The Hall–Kier alpha value is -1.13. The number of benzene rings is 1. The summed E-state index contributed by atoms with van der Waals surface area (Å²) in [5.41, 5.74) is 1.02. The predicted octanol–water partition coefficient (Wildman–Crippen LogP) is 3.50. The number of nitrogens with one attached hydrogen (secondary N) is 1. The van der Waals surface area contributed by atoms with Gasteiger partial charge >= 0.3 is 0 Å². The molecular formula is C15H21N3S. The van der Waals surface area contributed by atoms with Crippen LogP contribution in [-0.4, -0.2) is 27.8 Å². The molecule has 102 valence electrons. The lowest BCUT2D eigenvalue weighted by molar-refractivity contribution is 0.509. The first-order valence-corrected chi connectivity index (χ1v) is 7.74. The highest BCUT2D eigenvalue weighted by molar-refractivity contribution is 8.00. The maximum Gasteiger partial charge on any atom is 0.117 e. The second-order valence-electron chi connectivity index (χ2n) is 4.59. The zero-order valence-electron chi connectivity index (χ0n) is 11.8. The van der Waals surface area contributed by atoms with Crippen LogP contribution in [0, 0.1) is 0 Å². The number of para-hydroxylation sites is 1. The van der Waals surface area contributed by atoms with Gasteiger partial charge in [0.1, 0.15) is 11.4 Å². The quantitative estimate of drug-likeness (QED) is 0.647. The van der Waals surface area contributed by atoms with Gasteiger partial charge in [-0.05, 0) is 19.0 Å². The number of fused-ring (bicyclic) bond motifs is 1. The molecule has 0 bridgehead atoms. The molecule has 0 aliphatic carbocycles. The fourth-order valence-electron chi connectivity index (χ4n) is 2.24. The third-order valence-corrected chi connectivity index (χ3v) is 4.53. The molecule has 19 heavy (non-hydrogen) atoms. The largest absolute Gasteiger partial charge is 0.313 e. The molecule has 0 saturated carbocycles. The highest BCUT2D eigenvalue weighted by Crippen LogP contribution is 2.29. The van der Waals surface area contributed by atoms with Crippen molar-refractivity contribution < 1.29 is 0 Å². The van der Waals surface area contributed by atoms with Crippen LogP contribution in [0.4, 0.5) is 0 Å². The Morgan fingerprint density at radius 2 is 2.00 bits per heavy atom. The summed E-state index contributed by atoms with van der Waals surface area (Å²) in [6, 6.07) is 8.71. The smallest absolute Gasteiger partial charge is 0.117 e. The summed E-state index contributed by atoms with van der Waals surface area (Å²) in [6.07, 6.45) is 2.79. The fraction of sp³-hybridized carbons (Fsp3) is 0.467. The van der Waals surface area contributed by atoms with E-state index >= 15 is 0 Å². The molecule has 4 heteroatoms. The lowest BCUT2D eigenvalue weighted by Crippen LogP contribution is -2.35. The predicted molar refractivity (Wildman–Crippen MR) is 82.6 cm³/mol. The third-order valence-electron chi connectivity index (χ3n) is 3.28. The normalized spacial score (nSPS) is 14.5. The van der Waals surface area contributed by atoms with Crippen molar-refractivity contribution in [3.05, 3.63) is 30.6 Å². The number of hydrogen-bond donors (Lipinski definition) is 1. The molecule has 0 aliphatic rings. The maximum atomic E-state index is 4.45. The summed E-state index contributed by atoms with van der Waals surface area (Å²) in [7, 11) is 0. The molecule has 0 spiro atoms. The van der Waals surface area contributed by atoms with Crippen molar-refractivity contribution in [2.45, 2.75) is 43.5 Å². The van der Waals surface area contributed by atoms with Gasteiger partial charge < -0.3 is 5.32 Å². The lowest BCUT2D eigenvalue weighted by atomic mass is 10.2. The molecule has 1 heterocycles. The minimum Gasteiger partial charge on any atom is -0.313 e. The van der Waals surface area contributed by atoms with E-state index in [9.17, 15) is 0 Å². The monoisotopic (exact) mass is 275 g/mol. The SMILES string of the molecule is CCNC(CC)C(C)Sc1ncnc2ccccc12. The van der Waals surface area contributed by atoms with Crippen LogP contribution in [0.5, 0.6) is 0 Å². The van der Waals surface area contributed by atoms with Crippen LogP contribution in [0.3, 0.4) is 0 Å². The van der Waals surface area contributed by atoms with E-state index in [0.29, 0.717) is 11.3 Å². The van der Waals surface area contributed by atoms with Crippen LogP contribution in [0.1, 0.15) is 27.2 Å². The molecule has 1 aromatic heterocycles. The average Bonchev–Trinajstić information content (AvgIpc) is 2.45. The lowest BCUT2D eigenvalue weighted by Gasteiger charge is -2.22. The molecule has 0 aliphatic heterocycles. The van der Waals surface area contributed by atoms with Gasteiger partial charge in [-0.15, -0.1) is 11.8 Å². The number of thioether (sulfide) groups is 1. The number of rotatable bonds is 6. The van der Waals surface area contributed by atoms with E-state index in [1.165, 1.54) is 0 Å². The summed E-state index contributed by atoms with van der Waals surface area (Å²) >= 11 is 1.83. The Morgan fingerprint density at radius 1 is 1.21 bits per heavy atom. The van der Waals surface area contributed by atoms with Gasteiger partial charge in [-0.3, -0.25) is 0 Å². The zero-order chi connectivity index (χ0) is 13.7. The summed E-state index contributed by atoms with van der Waals surface area (Å²) < 4.78 is 0. The van der Waals surface area contributed by atoms with Crippen molar-refractivity contribution in [2.75, 3.05) is 6.54 Å².